The van der Waals surface area contributed by atoms with Crippen molar-refractivity contribution < 1.29 is 23.1 Å². The van der Waals surface area contributed by atoms with E-state index < -0.39 is 23.9 Å². The lowest BCUT2D eigenvalue weighted by Crippen LogP contribution is -2.56. The van der Waals surface area contributed by atoms with Gasteiger partial charge in [-0.05, 0) is 32.0 Å². The van der Waals surface area contributed by atoms with Gasteiger partial charge in [0.2, 0.25) is 0 Å². The highest BCUT2D eigenvalue weighted by Crippen LogP contribution is 2.37. The molecule has 1 aromatic rings. The average molecular weight is 388 g/mol. The molecular weight excluding hydrogens is 361 g/mol. The van der Waals surface area contributed by atoms with Gasteiger partial charge in [-0.1, -0.05) is 0 Å². The lowest BCUT2D eigenvalue weighted by Gasteiger charge is -2.40. The third-order valence-electron chi connectivity index (χ3n) is 4.56. The van der Waals surface area contributed by atoms with Crippen molar-refractivity contribution in [1.29, 1.82) is 0 Å². The van der Waals surface area contributed by atoms with Gasteiger partial charge >= 0.3 is 12.2 Å². The monoisotopic (exact) mass is 388 g/mol. The van der Waals surface area contributed by atoms with Crippen LogP contribution < -0.4 is 10.2 Å². The van der Waals surface area contributed by atoms with Crippen LogP contribution in [-0.2, 0) is 6.18 Å². The molecule has 0 aliphatic carbocycles. The van der Waals surface area contributed by atoms with Gasteiger partial charge < -0.3 is 20.2 Å². The molecule has 0 radical (unpaired) electrons. The number of hydrogen-bond acceptors (Lipinski definition) is 4. The standard InChI is InChI=1S/C18H27F3N4O2/c1-12-10-24(11-13(2)26)7-8-25(12)17(27)22-16-6-5-14(23(3)4)9-15(16)18(19,20)21/h5-6,9,12-13,26H,7-8,10-11H2,1-4H3,(H,22,27)/t12-,13+/m0/s1. The van der Waals surface area contributed by atoms with Crippen LogP contribution in [0.4, 0.5) is 29.3 Å². The Morgan fingerprint density at radius 3 is 2.56 bits per heavy atom. The van der Waals surface area contributed by atoms with E-state index in [2.05, 4.69) is 5.32 Å². The number of nitrogens with zero attached hydrogens (tertiary/aromatic N) is 3. The van der Waals surface area contributed by atoms with Gasteiger partial charge in [0.1, 0.15) is 0 Å². The number of halogens is 3. The number of alkyl halides is 3. The summed E-state index contributed by atoms with van der Waals surface area (Å²) < 4.78 is 40.3. The van der Waals surface area contributed by atoms with E-state index in [1.165, 1.54) is 17.0 Å². The van der Waals surface area contributed by atoms with Crippen molar-refractivity contribution in [1.82, 2.24) is 9.80 Å². The maximum atomic E-state index is 13.4. The Kier molecular flexibility index (Phi) is 6.59. The zero-order valence-electron chi connectivity index (χ0n) is 16.0. The first-order chi connectivity index (χ1) is 12.5. The first-order valence-corrected chi connectivity index (χ1v) is 8.85. The fraction of sp³-hybridized carbons (Fsp3) is 0.611. The Labute approximate surface area is 157 Å². The quantitative estimate of drug-likeness (QED) is 0.833. The number of urea groups is 1. The second-order valence-corrected chi connectivity index (χ2v) is 7.20. The third-order valence-corrected chi connectivity index (χ3v) is 4.56. The van der Waals surface area contributed by atoms with E-state index in [4.69, 9.17) is 0 Å². The first kappa shape index (κ1) is 21.3. The summed E-state index contributed by atoms with van der Waals surface area (Å²) in [5.74, 6) is 0. The van der Waals surface area contributed by atoms with E-state index >= 15 is 0 Å². The lowest BCUT2D eigenvalue weighted by atomic mass is 10.1. The molecule has 9 heteroatoms. The third kappa shape index (κ3) is 5.49. The predicted molar refractivity (Wildman–Crippen MR) is 99.1 cm³/mol. The van der Waals surface area contributed by atoms with Crippen LogP contribution in [0.25, 0.3) is 0 Å². The highest BCUT2D eigenvalue weighted by molar-refractivity contribution is 5.91. The normalized spacial score (nSPS) is 19.7. The molecule has 2 N–H and O–H groups in total. The molecule has 0 unspecified atom stereocenters. The Morgan fingerprint density at radius 1 is 1.37 bits per heavy atom. The molecular formula is C18H27F3N4O2. The average Bonchev–Trinajstić information content (AvgIpc) is 2.53. The number of piperazine rings is 1. The largest absolute Gasteiger partial charge is 0.418 e. The number of rotatable bonds is 4. The predicted octanol–water partition coefficient (Wildman–Crippen LogP) is 2.69. The smallest absolute Gasteiger partial charge is 0.392 e. The molecule has 1 aliphatic heterocycles. The summed E-state index contributed by atoms with van der Waals surface area (Å²) in [7, 11) is 3.31. The summed E-state index contributed by atoms with van der Waals surface area (Å²) in [6.07, 6.45) is -5.04. The van der Waals surface area contributed by atoms with Gasteiger partial charge in [-0.25, -0.2) is 4.79 Å². The van der Waals surface area contributed by atoms with Crippen LogP contribution in [0.15, 0.2) is 18.2 Å². The van der Waals surface area contributed by atoms with E-state index in [0.717, 1.165) is 6.07 Å². The SMILES string of the molecule is C[C@@H](O)CN1CCN(C(=O)Nc2ccc(N(C)C)cc2C(F)(F)F)[C@@H](C)C1. The van der Waals surface area contributed by atoms with Crippen LogP contribution in [0.3, 0.4) is 0 Å². The van der Waals surface area contributed by atoms with Crippen molar-refractivity contribution in [2.45, 2.75) is 32.2 Å². The molecule has 1 fully saturated rings. The van der Waals surface area contributed by atoms with Crippen LogP contribution in [0.2, 0.25) is 0 Å². The van der Waals surface area contributed by atoms with Gasteiger partial charge in [-0.2, -0.15) is 13.2 Å². The number of aliphatic hydroxyl groups excluding tert-OH is 1. The van der Waals surface area contributed by atoms with Crippen molar-refractivity contribution in [2.75, 3.05) is 50.5 Å². The number of carbonyl (C=O) groups excluding carboxylic acids is 1. The minimum Gasteiger partial charge on any atom is -0.392 e. The van der Waals surface area contributed by atoms with Gasteiger partial charge in [0.05, 0.1) is 17.4 Å². The Hall–Kier alpha value is -2.00. The van der Waals surface area contributed by atoms with Crippen molar-refractivity contribution in [2.24, 2.45) is 0 Å². The van der Waals surface area contributed by atoms with Crippen molar-refractivity contribution in [3.8, 4) is 0 Å². The molecule has 27 heavy (non-hydrogen) atoms. The number of carbonyl (C=O) groups is 1. The molecule has 2 amide bonds. The number of nitrogens with one attached hydrogen (secondary N) is 1. The van der Waals surface area contributed by atoms with Crippen LogP contribution in [0.5, 0.6) is 0 Å². The van der Waals surface area contributed by atoms with E-state index in [9.17, 15) is 23.1 Å². The molecule has 0 spiro atoms. The summed E-state index contributed by atoms with van der Waals surface area (Å²) in [5, 5.41) is 11.9. The topological polar surface area (TPSA) is 59.1 Å². The first-order valence-electron chi connectivity index (χ1n) is 8.85. The summed E-state index contributed by atoms with van der Waals surface area (Å²) in [4.78, 5) is 17.7. The highest BCUT2D eigenvalue weighted by Gasteiger charge is 2.35. The van der Waals surface area contributed by atoms with Gasteiger partial charge in [0.15, 0.2) is 0 Å². The zero-order chi connectivity index (χ0) is 20.4. The molecule has 152 valence electrons. The van der Waals surface area contributed by atoms with Gasteiger partial charge in [0, 0.05) is 52.0 Å². The number of amides is 2. The van der Waals surface area contributed by atoms with Gasteiger partial charge in [0.25, 0.3) is 0 Å². The van der Waals surface area contributed by atoms with E-state index in [-0.39, 0.29) is 11.7 Å². The Morgan fingerprint density at radius 2 is 2.04 bits per heavy atom. The fourth-order valence-corrected chi connectivity index (χ4v) is 3.22. The number of aliphatic hydroxyl groups is 1. The summed E-state index contributed by atoms with van der Waals surface area (Å²) in [6, 6.07) is 3.12. The molecule has 2 atom stereocenters. The second kappa shape index (κ2) is 8.35. The maximum Gasteiger partial charge on any atom is 0.418 e. The number of anilines is 2. The summed E-state index contributed by atoms with van der Waals surface area (Å²) in [6.45, 7) is 5.55. The maximum absolute atomic E-state index is 13.4. The van der Waals surface area contributed by atoms with E-state index in [1.54, 1.807) is 25.9 Å². The lowest BCUT2D eigenvalue weighted by molar-refractivity contribution is -0.136. The number of benzene rings is 1. The minimum absolute atomic E-state index is 0.173. The van der Waals surface area contributed by atoms with Gasteiger partial charge in [-0.15, -0.1) is 0 Å². The molecule has 1 heterocycles. The molecule has 0 aromatic heterocycles. The van der Waals surface area contributed by atoms with E-state index in [0.29, 0.717) is 31.9 Å². The molecule has 1 aliphatic rings. The molecule has 0 saturated carbocycles. The Bertz CT molecular complexity index is 664. The summed E-state index contributed by atoms with van der Waals surface area (Å²) in [5.41, 5.74) is -0.723. The molecule has 1 aromatic carbocycles. The zero-order valence-corrected chi connectivity index (χ0v) is 16.0. The minimum atomic E-state index is -4.57. The van der Waals surface area contributed by atoms with Crippen LogP contribution >= 0.6 is 0 Å². The van der Waals surface area contributed by atoms with Crippen LogP contribution in [-0.4, -0.2) is 73.4 Å². The molecule has 1 saturated heterocycles. The Balaban J connectivity index is 2.14. The van der Waals surface area contributed by atoms with Gasteiger partial charge in [-0.3, -0.25) is 4.90 Å². The highest BCUT2D eigenvalue weighted by atomic mass is 19.4. The number of β-amino-alcohol motifs (C(OH)–C–C–N with tert-alkyl or cyclic N) is 1. The molecule has 6 nitrogen and oxygen atoms in total. The van der Waals surface area contributed by atoms with Crippen molar-refractivity contribution >= 4 is 17.4 Å². The fourth-order valence-electron chi connectivity index (χ4n) is 3.22. The van der Waals surface area contributed by atoms with Crippen molar-refractivity contribution in [3.05, 3.63) is 23.8 Å². The summed E-state index contributed by atoms with van der Waals surface area (Å²) >= 11 is 0. The van der Waals surface area contributed by atoms with Crippen molar-refractivity contribution in [3.63, 3.8) is 0 Å². The van der Waals surface area contributed by atoms with E-state index in [1.807, 2.05) is 11.8 Å². The second-order valence-electron chi connectivity index (χ2n) is 7.20. The number of hydrogen-bond donors (Lipinski definition) is 2. The van der Waals surface area contributed by atoms with Crippen LogP contribution in [0.1, 0.15) is 19.4 Å². The molecule has 0 bridgehead atoms. The van der Waals surface area contributed by atoms with Crippen LogP contribution in [0, 0.1) is 0 Å². The molecule has 2 rings (SSSR count).